The van der Waals surface area contributed by atoms with Crippen LogP contribution in [-0.4, -0.2) is 11.9 Å². The summed E-state index contributed by atoms with van der Waals surface area (Å²) in [5.74, 6) is -0.281. The number of amides is 1. The fourth-order valence-electron chi connectivity index (χ4n) is 2.45. The van der Waals surface area contributed by atoms with Crippen LogP contribution in [-0.2, 0) is 10.3 Å². The van der Waals surface area contributed by atoms with Gasteiger partial charge in [0.2, 0.25) is 5.91 Å². The van der Waals surface area contributed by atoms with Crippen LogP contribution >= 0.6 is 0 Å². The van der Waals surface area contributed by atoms with Gasteiger partial charge in [-0.05, 0) is 25.0 Å². The Hall–Kier alpha value is -2.13. The Labute approximate surface area is 132 Å². The maximum Gasteiger partial charge on any atom is 0.225 e. The molecule has 1 amide bonds. The van der Waals surface area contributed by atoms with E-state index in [0.717, 1.165) is 11.1 Å². The Morgan fingerprint density at radius 1 is 0.955 bits per heavy atom. The minimum absolute atomic E-state index is 0.0368. The molecule has 2 atom stereocenters. The summed E-state index contributed by atoms with van der Waals surface area (Å²) in [6.45, 7) is 5.74. The number of rotatable bonds is 5. The summed E-state index contributed by atoms with van der Waals surface area (Å²) in [5.41, 5.74) is 7.39. The van der Waals surface area contributed by atoms with E-state index in [1.54, 1.807) is 0 Å². The number of hydrogen-bond acceptors (Lipinski definition) is 2. The Morgan fingerprint density at radius 3 is 1.73 bits per heavy atom. The van der Waals surface area contributed by atoms with Gasteiger partial charge in [0.05, 0.1) is 5.54 Å². The highest BCUT2D eigenvalue weighted by molar-refractivity contribution is 5.80. The molecule has 0 heterocycles. The Bertz CT molecular complexity index is 568. The largest absolute Gasteiger partial charge is 0.342 e. The van der Waals surface area contributed by atoms with Crippen molar-refractivity contribution in [2.24, 2.45) is 11.7 Å². The van der Waals surface area contributed by atoms with Crippen LogP contribution in [0.5, 0.6) is 0 Å². The molecule has 2 aromatic rings. The van der Waals surface area contributed by atoms with E-state index in [1.807, 2.05) is 81.4 Å². The third kappa shape index (κ3) is 3.37. The molecule has 0 aliphatic heterocycles. The first-order valence-electron chi connectivity index (χ1n) is 7.64. The molecule has 22 heavy (non-hydrogen) atoms. The zero-order valence-corrected chi connectivity index (χ0v) is 13.4. The molecule has 0 spiro atoms. The first-order chi connectivity index (χ1) is 10.4. The van der Waals surface area contributed by atoms with Gasteiger partial charge in [0.15, 0.2) is 0 Å². The van der Waals surface area contributed by atoms with E-state index in [0.29, 0.717) is 0 Å². The number of hydrogen-bond donors (Lipinski definition) is 2. The average molecular weight is 296 g/mol. The fraction of sp³-hybridized carbons (Fsp3) is 0.316. The molecule has 3 heteroatoms. The van der Waals surface area contributed by atoms with Gasteiger partial charge in [0.25, 0.3) is 0 Å². The van der Waals surface area contributed by atoms with E-state index < -0.39 is 5.54 Å². The van der Waals surface area contributed by atoms with E-state index in [1.165, 1.54) is 0 Å². The lowest BCUT2D eigenvalue weighted by molar-refractivity contribution is -0.126. The molecule has 3 N–H and O–H groups in total. The van der Waals surface area contributed by atoms with Crippen LogP contribution in [0, 0.1) is 5.92 Å². The molecule has 116 valence electrons. The predicted octanol–water partition coefficient (Wildman–Crippen LogP) is 3.05. The van der Waals surface area contributed by atoms with Gasteiger partial charge in [-0.25, -0.2) is 0 Å². The van der Waals surface area contributed by atoms with E-state index in [-0.39, 0.29) is 17.9 Å². The standard InChI is InChI=1S/C19H24N2O/c1-14(15(2)20)18(22)21-19(3,16-10-6-4-7-11-16)17-12-8-5-9-13-17/h4-15H,20H2,1-3H3,(H,21,22). The molecule has 0 radical (unpaired) electrons. The summed E-state index contributed by atoms with van der Waals surface area (Å²) in [6, 6.07) is 19.8. The van der Waals surface area contributed by atoms with Crippen molar-refractivity contribution in [3.05, 3.63) is 71.8 Å². The molecule has 2 unspecified atom stereocenters. The maximum absolute atomic E-state index is 12.6. The number of nitrogens with two attached hydrogens (primary N) is 1. The van der Waals surface area contributed by atoms with Crippen molar-refractivity contribution in [3.63, 3.8) is 0 Å². The monoisotopic (exact) mass is 296 g/mol. The first-order valence-corrected chi connectivity index (χ1v) is 7.64. The fourth-order valence-corrected chi connectivity index (χ4v) is 2.45. The number of nitrogens with one attached hydrogen (secondary N) is 1. The Balaban J connectivity index is 2.41. The quantitative estimate of drug-likeness (QED) is 0.891. The van der Waals surface area contributed by atoms with E-state index in [2.05, 4.69) is 5.32 Å². The van der Waals surface area contributed by atoms with Crippen LogP contribution in [0.15, 0.2) is 60.7 Å². The molecule has 0 aliphatic carbocycles. The van der Waals surface area contributed by atoms with Crippen molar-refractivity contribution in [3.8, 4) is 0 Å². The van der Waals surface area contributed by atoms with Gasteiger partial charge in [0.1, 0.15) is 0 Å². The Morgan fingerprint density at radius 2 is 1.36 bits per heavy atom. The highest BCUT2D eigenvalue weighted by Gasteiger charge is 2.32. The van der Waals surface area contributed by atoms with Crippen molar-refractivity contribution in [1.82, 2.24) is 5.32 Å². The zero-order chi connectivity index (χ0) is 16.2. The molecule has 0 fully saturated rings. The minimum Gasteiger partial charge on any atom is -0.342 e. The van der Waals surface area contributed by atoms with Crippen LogP contribution in [0.25, 0.3) is 0 Å². The highest BCUT2D eigenvalue weighted by Crippen LogP contribution is 2.29. The molecular weight excluding hydrogens is 272 g/mol. The average Bonchev–Trinajstić information content (AvgIpc) is 2.55. The summed E-state index contributed by atoms with van der Waals surface area (Å²) >= 11 is 0. The van der Waals surface area contributed by atoms with Crippen LogP contribution in [0.3, 0.4) is 0 Å². The van der Waals surface area contributed by atoms with E-state index in [9.17, 15) is 4.79 Å². The number of carbonyl (C=O) groups excluding carboxylic acids is 1. The second kappa shape index (κ2) is 6.75. The molecule has 2 aromatic carbocycles. The molecule has 0 saturated carbocycles. The second-order valence-electron chi connectivity index (χ2n) is 5.99. The molecule has 0 aromatic heterocycles. The molecule has 0 bridgehead atoms. The van der Waals surface area contributed by atoms with Gasteiger partial charge in [-0.15, -0.1) is 0 Å². The van der Waals surface area contributed by atoms with Crippen LogP contribution < -0.4 is 11.1 Å². The SMILES string of the molecule is CC(N)C(C)C(=O)NC(C)(c1ccccc1)c1ccccc1. The van der Waals surface area contributed by atoms with E-state index in [4.69, 9.17) is 5.73 Å². The van der Waals surface area contributed by atoms with Crippen LogP contribution in [0.1, 0.15) is 31.9 Å². The molecular formula is C19H24N2O. The van der Waals surface area contributed by atoms with E-state index >= 15 is 0 Å². The highest BCUT2D eigenvalue weighted by atomic mass is 16.2. The summed E-state index contributed by atoms with van der Waals surface area (Å²) in [5, 5.41) is 3.19. The van der Waals surface area contributed by atoms with Gasteiger partial charge in [0, 0.05) is 12.0 Å². The van der Waals surface area contributed by atoms with Crippen molar-refractivity contribution in [2.45, 2.75) is 32.4 Å². The lowest BCUT2D eigenvalue weighted by atomic mass is 9.84. The van der Waals surface area contributed by atoms with Crippen molar-refractivity contribution >= 4 is 5.91 Å². The Kier molecular flexibility index (Phi) is 4.99. The third-order valence-electron chi connectivity index (χ3n) is 4.28. The molecule has 3 nitrogen and oxygen atoms in total. The molecule has 2 rings (SSSR count). The van der Waals surface area contributed by atoms with Crippen molar-refractivity contribution in [2.75, 3.05) is 0 Å². The lowest BCUT2D eigenvalue weighted by Gasteiger charge is -2.34. The summed E-state index contributed by atoms with van der Waals surface area (Å²) < 4.78 is 0. The van der Waals surface area contributed by atoms with Crippen molar-refractivity contribution in [1.29, 1.82) is 0 Å². The van der Waals surface area contributed by atoms with Gasteiger partial charge in [-0.3, -0.25) is 4.79 Å². The minimum atomic E-state index is -0.581. The number of carbonyl (C=O) groups is 1. The van der Waals surface area contributed by atoms with Gasteiger partial charge < -0.3 is 11.1 Å². The van der Waals surface area contributed by atoms with Crippen LogP contribution in [0.2, 0.25) is 0 Å². The normalized spacial score (nSPS) is 14.2. The van der Waals surface area contributed by atoms with Gasteiger partial charge >= 0.3 is 0 Å². The second-order valence-corrected chi connectivity index (χ2v) is 5.99. The predicted molar refractivity (Wildman–Crippen MR) is 90.3 cm³/mol. The smallest absolute Gasteiger partial charge is 0.225 e. The maximum atomic E-state index is 12.6. The summed E-state index contributed by atoms with van der Waals surface area (Å²) in [4.78, 5) is 12.6. The zero-order valence-electron chi connectivity index (χ0n) is 13.4. The number of benzene rings is 2. The van der Waals surface area contributed by atoms with Gasteiger partial charge in [-0.2, -0.15) is 0 Å². The van der Waals surface area contributed by atoms with Gasteiger partial charge in [-0.1, -0.05) is 67.6 Å². The molecule has 0 aliphatic rings. The topological polar surface area (TPSA) is 55.1 Å². The summed E-state index contributed by atoms with van der Waals surface area (Å²) in [6.07, 6.45) is 0. The summed E-state index contributed by atoms with van der Waals surface area (Å²) in [7, 11) is 0. The van der Waals surface area contributed by atoms with Crippen LogP contribution in [0.4, 0.5) is 0 Å². The third-order valence-corrected chi connectivity index (χ3v) is 4.28. The first kappa shape index (κ1) is 16.2. The molecule has 0 saturated heterocycles. The van der Waals surface area contributed by atoms with Crippen molar-refractivity contribution < 1.29 is 4.79 Å². The lowest BCUT2D eigenvalue weighted by Crippen LogP contribution is -2.49.